The molecule has 0 amide bonds. The van der Waals surface area contributed by atoms with Crippen LogP contribution in [0.2, 0.25) is 5.02 Å². The highest BCUT2D eigenvalue weighted by Crippen LogP contribution is 2.36. The van der Waals surface area contributed by atoms with Crippen molar-refractivity contribution in [1.29, 1.82) is 5.26 Å². The van der Waals surface area contributed by atoms with Gasteiger partial charge in [-0.2, -0.15) is 5.26 Å². The fourth-order valence-corrected chi connectivity index (χ4v) is 5.20. The molecule has 0 saturated carbocycles. The van der Waals surface area contributed by atoms with Gasteiger partial charge in [0, 0.05) is 31.3 Å². The van der Waals surface area contributed by atoms with E-state index in [1.165, 1.54) is 11.1 Å². The van der Waals surface area contributed by atoms with Crippen LogP contribution < -0.4 is 9.47 Å². The second-order valence-corrected chi connectivity index (χ2v) is 10.3. The second kappa shape index (κ2) is 12.4. The first-order valence-electron chi connectivity index (χ1n) is 13.1. The number of ether oxygens (including phenoxy) is 2. The Morgan fingerprint density at radius 1 is 0.923 bits per heavy atom. The van der Waals surface area contributed by atoms with E-state index in [4.69, 9.17) is 21.1 Å². The molecule has 6 heteroatoms. The summed E-state index contributed by atoms with van der Waals surface area (Å²) in [4.78, 5) is 2.19. The van der Waals surface area contributed by atoms with Gasteiger partial charge in [-0.15, -0.1) is 0 Å². The summed E-state index contributed by atoms with van der Waals surface area (Å²) in [5, 5.41) is 19.8. The van der Waals surface area contributed by atoms with Crippen LogP contribution in [0.4, 0.5) is 0 Å². The lowest BCUT2D eigenvalue weighted by Crippen LogP contribution is -2.22. The molecule has 0 aliphatic carbocycles. The van der Waals surface area contributed by atoms with Gasteiger partial charge in [0.2, 0.25) is 0 Å². The number of nitrogens with zero attached hydrogens (tertiary/aromatic N) is 2. The summed E-state index contributed by atoms with van der Waals surface area (Å²) in [5.41, 5.74) is 7.02. The van der Waals surface area contributed by atoms with E-state index in [1.54, 1.807) is 6.07 Å². The molecule has 0 radical (unpaired) electrons. The van der Waals surface area contributed by atoms with Gasteiger partial charge in [0.15, 0.2) is 0 Å². The fourth-order valence-electron chi connectivity index (χ4n) is 4.96. The average molecular weight is 539 g/mol. The molecule has 198 valence electrons. The zero-order valence-corrected chi connectivity index (χ0v) is 22.7. The van der Waals surface area contributed by atoms with E-state index in [0.29, 0.717) is 48.4 Å². The molecule has 1 fully saturated rings. The van der Waals surface area contributed by atoms with Crippen LogP contribution in [0.15, 0.2) is 84.9 Å². The van der Waals surface area contributed by atoms with Crippen molar-refractivity contribution in [3.05, 3.63) is 118 Å². The summed E-state index contributed by atoms with van der Waals surface area (Å²) < 4.78 is 12.5. The van der Waals surface area contributed by atoms with Gasteiger partial charge in [-0.25, -0.2) is 0 Å². The number of likely N-dealkylation sites (tertiary alicyclic amines) is 1. The molecule has 39 heavy (non-hydrogen) atoms. The van der Waals surface area contributed by atoms with Gasteiger partial charge in [0.25, 0.3) is 0 Å². The molecule has 0 spiro atoms. The molecule has 0 bridgehead atoms. The number of β-amino-alcohol motifs (C(OH)–C–C–N with tert-alkyl or cyclic N) is 1. The minimum absolute atomic E-state index is 0.309. The molecular formula is C33H31ClN2O3. The maximum atomic E-state index is 9.99. The highest BCUT2D eigenvalue weighted by molar-refractivity contribution is 6.32. The van der Waals surface area contributed by atoms with Gasteiger partial charge in [0.1, 0.15) is 24.7 Å². The fraction of sp³-hybridized carbons (Fsp3) is 0.242. The maximum absolute atomic E-state index is 9.99. The van der Waals surface area contributed by atoms with Crippen LogP contribution >= 0.6 is 11.6 Å². The van der Waals surface area contributed by atoms with Crippen LogP contribution in [0, 0.1) is 18.3 Å². The third-order valence-electron chi connectivity index (χ3n) is 7.12. The van der Waals surface area contributed by atoms with Crippen LogP contribution in [0.1, 0.15) is 34.2 Å². The van der Waals surface area contributed by atoms with E-state index < -0.39 is 0 Å². The molecule has 5 nitrogen and oxygen atoms in total. The lowest BCUT2D eigenvalue weighted by Gasteiger charge is -2.20. The van der Waals surface area contributed by atoms with E-state index >= 15 is 0 Å². The molecule has 1 aliphatic heterocycles. The number of nitriles is 1. The van der Waals surface area contributed by atoms with E-state index in [1.807, 2.05) is 54.6 Å². The standard InChI is InChI=1S/C33H31ClN2O3/c1-23-27(11-6-12-30(23)26-9-3-2-4-10-26)22-39-33-17-32(38-21-25-8-5-7-24(15-25)18-35)28(16-31(33)34)19-36-14-13-29(37)20-36/h2-12,15-17,29,37H,13-14,19-22H2,1H3/t29-/m0/s1. The normalized spacial score (nSPS) is 15.2. The van der Waals surface area contributed by atoms with E-state index in [0.717, 1.165) is 35.2 Å². The van der Waals surface area contributed by atoms with Crippen molar-refractivity contribution in [1.82, 2.24) is 4.90 Å². The highest BCUT2D eigenvalue weighted by Gasteiger charge is 2.22. The van der Waals surface area contributed by atoms with Crippen molar-refractivity contribution in [3.63, 3.8) is 0 Å². The van der Waals surface area contributed by atoms with Gasteiger partial charge < -0.3 is 14.6 Å². The smallest absolute Gasteiger partial charge is 0.142 e. The quantitative estimate of drug-likeness (QED) is 0.251. The van der Waals surface area contributed by atoms with Crippen LogP contribution in [0.25, 0.3) is 11.1 Å². The number of aliphatic hydroxyl groups is 1. The molecule has 5 rings (SSSR count). The average Bonchev–Trinajstić information content (AvgIpc) is 3.37. The molecule has 4 aromatic carbocycles. The Bertz CT molecular complexity index is 1480. The zero-order valence-electron chi connectivity index (χ0n) is 21.9. The number of aliphatic hydroxyl groups excluding tert-OH is 1. The first kappa shape index (κ1) is 26.8. The number of hydrogen-bond acceptors (Lipinski definition) is 5. The molecule has 1 aliphatic rings. The monoisotopic (exact) mass is 538 g/mol. The minimum atomic E-state index is -0.309. The third-order valence-corrected chi connectivity index (χ3v) is 7.42. The van der Waals surface area contributed by atoms with Gasteiger partial charge in [0.05, 0.1) is 22.8 Å². The highest BCUT2D eigenvalue weighted by atomic mass is 35.5. The summed E-state index contributed by atoms with van der Waals surface area (Å²) in [7, 11) is 0. The summed E-state index contributed by atoms with van der Waals surface area (Å²) in [6.45, 7) is 4.84. The Morgan fingerprint density at radius 2 is 1.72 bits per heavy atom. The predicted molar refractivity (Wildman–Crippen MR) is 154 cm³/mol. The Morgan fingerprint density at radius 3 is 2.49 bits per heavy atom. The van der Waals surface area contributed by atoms with Crippen LogP contribution in [0.5, 0.6) is 11.5 Å². The molecular weight excluding hydrogens is 508 g/mol. The van der Waals surface area contributed by atoms with Gasteiger partial charge in [-0.05, 0) is 59.4 Å². The molecule has 0 unspecified atom stereocenters. The first-order valence-corrected chi connectivity index (χ1v) is 13.5. The third kappa shape index (κ3) is 6.61. The van der Waals surface area contributed by atoms with Crippen LogP contribution in [0.3, 0.4) is 0 Å². The molecule has 1 saturated heterocycles. The van der Waals surface area contributed by atoms with Crippen molar-refractivity contribution >= 4 is 11.6 Å². The molecule has 4 aromatic rings. The Kier molecular flexibility index (Phi) is 8.48. The Balaban J connectivity index is 1.38. The maximum Gasteiger partial charge on any atom is 0.142 e. The molecule has 1 atom stereocenters. The number of rotatable bonds is 9. The SMILES string of the molecule is Cc1c(COc2cc(OCc3cccc(C#N)c3)c(CN3CC[C@H](O)C3)cc2Cl)cccc1-c1ccccc1. The summed E-state index contributed by atoms with van der Waals surface area (Å²) in [5.74, 6) is 1.22. The topological polar surface area (TPSA) is 65.7 Å². The molecule has 1 heterocycles. The van der Waals surface area contributed by atoms with Crippen molar-refractivity contribution in [2.75, 3.05) is 13.1 Å². The number of benzene rings is 4. The number of halogens is 1. The predicted octanol–water partition coefficient (Wildman–Crippen LogP) is 6.91. The summed E-state index contributed by atoms with van der Waals surface area (Å²) >= 11 is 6.72. The van der Waals surface area contributed by atoms with Crippen molar-refractivity contribution in [2.24, 2.45) is 0 Å². The zero-order chi connectivity index (χ0) is 27.2. The Hall–Kier alpha value is -3.82. The number of hydrogen-bond donors (Lipinski definition) is 1. The molecule has 0 aromatic heterocycles. The first-order chi connectivity index (χ1) is 19.0. The van der Waals surface area contributed by atoms with Crippen LogP contribution in [-0.2, 0) is 19.8 Å². The lowest BCUT2D eigenvalue weighted by atomic mass is 9.97. The summed E-state index contributed by atoms with van der Waals surface area (Å²) in [6, 6.07) is 29.9. The van der Waals surface area contributed by atoms with Gasteiger partial charge in [-0.3, -0.25) is 4.90 Å². The van der Waals surface area contributed by atoms with Crippen molar-refractivity contribution in [3.8, 4) is 28.7 Å². The Labute approximate surface area is 234 Å². The van der Waals surface area contributed by atoms with Crippen molar-refractivity contribution in [2.45, 2.75) is 39.2 Å². The van der Waals surface area contributed by atoms with Crippen LogP contribution in [-0.4, -0.2) is 29.2 Å². The van der Waals surface area contributed by atoms with E-state index in [9.17, 15) is 10.4 Å². The summed E-state index contributed by atoms with van der Waals surface area (Å²) in [6.07, 6.45) is 0.448. The minimum Gasteiger partial charge on any atom is -0.488 e. The van der Waals surface area contributed by atoms with Gasteiger partial charge in [-0.1, -0.05) is 72.3 Å². The van der Waals surface area contributed by atoms with Crippen molar-refractivity contribution < 1.29 is 14.6 Å². The molecule has 1 N–H and O–H groups in total. The largest absolute Gasteiger partial charge is 0.488 e. The van der Waals surface area contributed by atoms with E-state index in [2.05, 4.69) is 42.2 Å². The van der Waals surface area contributed by atoms with E-state index in [-0.39, 0.29) is 6.10 Å². The lowest BCUT2D eigenvalue weighted by molar-refractivity contribution is 0.174. The van der Waals surface area contributed by atoms with Gasteiger partial charge >= 0.3 is 0 Å². The second-order valence-electron chi connectivity index (χ2n) is 9.91.